The first-order chi connectivity index (χ1) is 10.1. The minimum absolute atomic E-state index is 0.00735. The van der Waals surface area contributed by atoms with Crippen molar-refractivity contribution in [1.29, 1.82) is 0 Å². The van der Waals surface area contributed by atoms with Gasteiger partial charge in [0.2, 0.25) is 5.78 Å². The zero-order valence-corrected chi connectivity index (χ0v) is 13.2. The van der Waals surface area contributed by atoms with Crippen LogP contribution < -0.4 is 0 Å². The molecule has 0 saturated heterocycles. The first kappa shape index (κ1) is 15.6. The lowest BCUT2D eigenvalue weighted by Gasteiger charge is -2.06. The summed E-state index contributed by atoms with van der Waals surface area (Å²) in [5.41, 5.74) is 1.72. The number of nitrogens with zero attached hydrogens (tertiary/aromatic N) is 3. The molecule has 0 saturated carbocycles. The van der Waals surface area contributed by atoms with Crippen LogP contribution in [0.3, 0.4) is 0 Å². The molecular formula is C15H15BrFN3O. The van der Waals surface area contributed by atoms with Gasteiger partial charge in [-0.05, 0) is 25.3 Å². The maximum absolute atomic E-state index is 13.8. The number of hydrogen-bond acceptors (Lipinski definition) is 3. The SMILES string of the molecule is C=NCC(=O)c1nn(Cc2c(F)cccc2Br)cc1CC. The number of benzene rings is 1. The average Bonchev–Trinajstić information content (AvgIpc) is 2.86. The van der Waals surface area contributed by atoms with Gasteiger partial charge in [0.25, 0.3) is 0 Å². The molecule has 1 aromatic heterocycles. The molecule has 0 aliphatic heterocycles. The Bertz CT molecular complexity index is 661. The Morgan fingerprint density at radius 3 is 2.90 bits per heavy atom. The van der Waals surface area contributed by atoms with Crippen molar-refractivity contribution < 1.29 is 9.18 Å². The smallest absolute Gasteiger partial charge is 0.204 e. The summed E-state index contributed by atoms with van der Waals surface area (Å²) in [6.45, 7) is 5.53. The number of aliphatic imine (C=N–C) groups is 1. The fourth-order valence-corrected chi connectivity index (χ4v) is 2.53. The maximum atomic E-state index is 13.8. The first-order valence-electron chi connectivity index (χ1n) is 6.51. The topological polar surface area (TPSA) is 47.2 Å². The molecule has 0 fully saturated rings. The molecule has 110 valence electrons. The molecule has 21 heavy (non-hydrogen) atoms. The molecule has 0 bridgehead atoms. The normalized spacial score (nSPS) is 10.6. The number of aryl methyl sites for hydroxylation is 1. The second kappa shape index (κ2) is 6.76. The molecule has 1 heterocycles. The highest BCUT2D eigenvalue weighted by Gasteiger charge is 2.16. The molecule has 0 unspecified atom stereocenters. The highest BCUT2D eigenvalue weighted by molar-refractivity contribution is 9.10. The zero-order valence-electron chi connectivity index (χ0n) is 11.6. The number of carbonyl (C=O) groups is 1. The molecule has 0 aliphatic carbocycles. The van der Waals surface area contributed by atoms with Gasteiger partial charge in [-0.15, -0.1) is 0 Å². The van der Waals surface area contributed by atoms with Gasteiger partial charge in [-0.1, -0.05) is 28.9 Å². The standard InChI is InChI=1S/C15H15BrFN3O/c1-3-10-8-20(19-15(10)14(21)7-18-2)9-11-12(16)5-4-6-13(11)17/h4-6,8H,2-3,7,9H2,1H3. The van der Waals surface area contributed by atoms with E-state index < -0.39 is 0 Å². The molecular weight excluding hydrogens is 337 g/mol. The van der Waals surface area contributed by atoms with E-state index in [2.05, 4.69) is 32.7 Å². The summed E-state index contributed by atoms with van der Waals surface area (Å²) in [5.74, 6) is -0.480. The van der Waals surface area contributed by atoms with Crippen LogP contribution in [0.15, 0.2) is 33.9 Å². The largest absolute Gasteiger partial charge is 0.293 e. The fraction of sp³-hybridized carbons (Fsp3) is 0.267. The molecule has 0 spiro atoms. The molecule has 2 rings (SSSR count). The molecule has 0 radical (unpaired) electrons. The summed E-state index contributed by atoms with van der Waals surface area (Å²) in [4.78, 5) is 15.5. The van der Waals surface area contributed by atoms with Gasteiger partial charge >= 0.3 is 0 Å². The monoisotopic (exact) mass is 351 g/mol. The fourth-order valence-electron chi connectivity index (χ4n) is 2.06. The van der Waals surface area contributed by atoms with Crippen molar-refractivity contribution in [2.24, 2.45) is 4.99 Å². The van der Waals surface area contributed by atoms with Crippen LogP contribution in [0.4, 0.5) is 4.39 Å². The summed E-state index contributed by atoms with van der Waals surface area (Å²) in [5, 5.41) is 4.27. The molecule has 0 atom stereocenters. The van der Waals surface area contributed by atoms with E-state index >= 15 is 0 Å². The van der Waals surface area contributed by atoms with Gasteiger partial charge in [-0.25, -0.2) is 4.39 Å². The lowest BCUT2D eigenvalue weighted by atomic mass is 10.1. The minimum Gasteiger partial charge on any atom is -0.293 e. The van der Waals surface area contributed by atoms with E-state index in [1.165, 1.54) is 6.07 Å². The predicted molar refractivity (Wildman–Crippen MR) is 83.6 cm³/mol. The molecule has 6 heteroatoms. The number of ketones is 1. The highest BCUT2D eigenvalue weighted by Crippen LogP contribution is 2.21. The third kappa shape index (κ3) is 3.44. The quantitative estimate of drug-likeness (QED) is 0.592. The van der Waals surface area contributed by atoms with E-state index in [9.17, 15) is 9.18 Å². The van der Waals surface area contributed by atoms with Gasteiger partial charge in [-0.2, -0.15) is 5.10 Å². The van der Waals surface area contributed by atoms with Gasteiger partial charge in [-0.3, -0.25) is 14.5 Å². The first-order valence-corrected chi connectivity index (χ1v) is 7.31. The molecule has 1 aromatic carbocycles. The van der Waals surface area contributed by atoms with Crippen LogP contribution in [0, 0.1) is 5.82 Å². The van der Waals surface area contributed by atoms with Gasteiger partial charge in [0.15, 0.2) is 0 Å². The molecule has 4 nitrogen and oxygen atoms in total. The number of halogens is 2. The summed E-state index contributed by atoms with van der Waals surface area (Å²) in [6, 6.07) is 4.81. The highest BCUT2D eigenvalue weighted by atomic mass is 79.9. The van der Waals surface area contributed by atoms with Crippen LogP contribution >= 0.6 is 15.9 Å². The van der Waals surface area contributed by atoms with Gasteiger partial charge in [0.1, 0.15) is 18.1 Å². The number of hydrogen-bond donors (Lipinski definition) is 0. The van der Waals surface area contributed by atoms with Crippen LogP contribution in [0.2, 0.25) is 0 Å². The van der Waals surface area contributed by atoms with E-state index in [0.717, 1.165) is 5.56 Å². The summed E-state index contributed by atoms with van der Waals surface area (Å²) >= 11 is 3.33. The van der Waals surface area contributed by atoms with Crippen LogP contribution in [-0.4, -0.2) is 28.8 Å². The molecule has 2 aromatic rings. The summed E-state index contributed by atoms with van der Waals surface area (Å²) in [7, 11) is 0. The maximum Gasteiger partial charge on any atom is 0.204 e. The van der Waals surface area contributed by atoms with Gasteiger partial charge in [0, 0.05) is 21.8 Å². The zero-order chi connectivity index (χ0) is 15.4. The Morgan fingerprint density at radius 1 is 1.52 bits per heavy atom. The summed E-state index contributed by atoms with van der Waals surface area (Å²) < 4.78 is 16.1. The van der Waals surface area contributed by atoms with Crippen molar-refractivity contribution in [2.75, 3.05) is 6.54 Å². The summed E-state index contributed by atoms with van der Waals surface area (Å²) in [6.07, 6.45) is 2.45. The molecule has 0 amide bonds. The average molecular weight is 352 g/mol. The lowest BCUT2D eigenvalue weighted by Crippen LogP contribution is -2.09. The third-order valence-electron chi connectivity index (χ3n) is 3.12. The number of rotatable bonds is 6. The predicted octanol–water partition coefficient (Wildman–Crippen LogP) is 3.28. The Balaban J connectivity index is 2.33. The van der Waals surface area contributed by atoms with E-state index in [0.29, 0.717) is 22.2 Å². The second-order valence-corrected chi connectivity index (χ2v) is 5.41. The van der Waals surface area contributed by atoms with E-state index in [4.69, 9.17) is 0 Å². The second-order valence-electron chi connectivity index (χ2n) is 4.56. The van der Waals surface area contributed by atoms with Crippen LogP contribution in [0.1, 0.15) is 28.5 Å². The van der Waals surface area contributed by atoms with Crippen molar-refractivity contribution >= 4 is 28.4 Å². The van der Waals surface area contributed by atoms with Gasteiger partial charge in [0.05, 0.1) is 6.54 Å². The Kier molecular flexibility index (Phi) is 5.01. The van der Waals surface area contributed by atoms with Crippen molar-refractivity contribution in [2.45, 2.75) is 19.9 Å². The molecule has 0 aliphatic rings. The van der Waals surface area contributed by atoms with E-state index in [1.54, 1.807) is 23.0 Å². The van der Waals surface area contributed by atoms with Crippen molar-refractivity contribution in [1.82, 2.24) is 9.78 Å². The Labute approximate surface area is 130 Å². The van der Waals surface area contributed by atoms with Crippen LogP contribution in [0.5, 0.6) is 0 Å². The van der Waals surface area contributed by atoms with E-state index in [1.807, 2.05) is 6.92 Å². The number of aromatic nitrogens is 2. The van der Waals surface area contributed by atoms with Crippen LogP contribution in [-0.2, 0) is 13.0 Å². The van der Waals surface area contributed by atoms with Crippen molar-refractivity contribution in [3.05, 3.63) is 51.5 Å². The Hall–Kier alpha value is -1.82. The number of Topliss-reactive ketones (excluding diaryl/α,β-unsaturated/α-hetero) is 1. The van der Waals surface area contributed by atoms with Crippen LogP contribution in [0.25, 0.3) is 0 Å². The minimum atomic E-state index is -0.307. The van der Waals surface area contributed by atoms with E-state index in [-0.39, 0.29) is 24.7 Å². The van der Waals surface area contributed by atoms with Crippen molar-refractivity contribution in [3.63, 3.8) is 0 Å². The van der Waals surface area contributed by atoms with Crippen molar-refractivity contribution in [3.8, 4) is 0 Å². The third-order valence-corrected chi connectivity index (χ3v) is 3.86. The lowest BCUT2D eigenvalue weighted by molar-refractivity contribution is 0.0996. The number of carbonyl (C=O) groups excluding carboxylic acids is 1. The van der Waals surface area contributed by atoms with Gasteiger partial charge < -0.3 is 0 Å². The molecule has 0 N–H and O–H groups in total. The Morgan fingerprint density at radius 2 is 2.29 bits per heavy atom.